The molecule has 0 N–H and O–H groups in total. The van der Waals surface area contributed by atoms with Crippen LogP contribution in [-0.4, -0.2) is 26.1 Å². The van der Waals surface area contributed by atoms with Crippen molar-refractivity contribution in [1.29, 1.82) is 5.26 Å². The molecule has 1 amide bonds. The van der Waals surface area contributed by atoms with Crippen molar-refractivity contribution in [2.45, 2.75) is 11.7 Å². The van der Waals surface area contributed by atoms with Crippen molar-refractivity contribution in [3.63, 3.8) is 0 Å². The predicted molar refractivity (Wildman–Crippen MR) is 66.6 cm³/mol. The summed E-state index contributed by atoms with van der Waals surface area (Å²) in [6, 6.07) is 2.81. The van der Waals surface area contributed by atoms with Crippen LogP contribution < -0.4 is 4.90 Å². The fourth-order valence-corrected chi connectivity index (χ4v) is 2.95. The van der Waals surface area contributed by atoms with Gasteiger partial charge in [-0.3, -0.25) is 4.79 Å². The van der Waals surface area contributed by atoms with Crippen LogP contribution in [0.15, 0.2) is 12.1 Å². The zero-order valence-corrected chi connectivity index (χ0v) is 11.4. The van der Waals surface area contributed by atoms with Crippen molar-refractivity contribution in [2.24, 2.45) is 0 Å². The molecule has 0 bridgehead atoms. The van der Waals surface area contributed by atoms with Gasteiger partial charge in [0.15, 0.2) is 0 Å². The molecule has 0 saturated carbocycles. The van der Waals surface area contributed by atoms with E-state index in [1.165, 1.54) is 6.07 Å². The third kappa shape index (κ3) is 2.59. The van der Waals surface area contributed by atoms with Crippen molar-refractivity contribution in [3.05, 3.63) is 29.3 Å². The molecule has 0 radical (unpaired) electrons. The van der Waals surface area contributed by atoms with Gasteiger partial charge in [-0.2, -0.15) is 5.26 Å². The highest BCUT2D eigenvalue weighted by Crippen LogP contribution is 2.30. The molecule has 1 saturated heterocycles. The SMILES string of the molecule is N#Cc1cc(F)c(N2CC(S(=O)(=O)Cl)CC2=O)cc1F. The van der Waals surface area contributed by atoms with Gasteiger partial charge >= 0.3 is 0 Å². The molecule has 2 rings (SSSR count). The van der Waals surface area contributed by atoms with E-state index in [1.54, 1.807) is 0 Å². The molecule has 0 aliphatic carbocycles. The van der Waals surface area contributed by atoms with E-state index in [0.29, 0.717) is 12.1 Å². The highest BCUT2D eigenvalue weighted by atomic mass is 35.7. The quantitative estimate of drug-likeness (QED) is 0.774. The number of halogens is 3. The Hall–Kier alpha value is -1.72. The van der Waals surface area contributed by atoms with Crippen molar-refractivity contribution in [1.82, 2.24) is 0 Å². The summed E-state index contributed by atoms with van der Waals surface area (Å²) in [6.45, 7) is -0.354. The lowest BCUT2D eigenvalue weighted by atomic mass is 10.2. The van der Waals surface area contributed by atoms with E-state index in [4.69, 9.17) is 15.9 Å². The molecule has 9 heteroatoms. The zero-order valence-electron chi connectivity index (χ0n) is 9.81. The predicted octanol–water partition coefficient (Wildman–Crippen LogP) is 1.51. The summed E-state index contributed by atoms with van der Waals surface area (Å²) in [5.41, 5.74) is -0.909. The number of nitrogens with zero attached hydrogens (tertiary/aromatic N) is 2. The Labute approximate surface area is 117 Å². The van der Waals surface area contributed by atoms with Crippen molar-refractivity contribution in [2.75, 3.05) is 11.4 Å². The number of hydrogen-bond acceptors (Lipinski definition) is 4. The number of amides is 1. The molecule has 20 heavy (non-hydrogen) atoms. The lowest BCUT2D eigenvalue weighted by molar-refractivity contribution is -0.117. The molecule has 1 heterocycles. The van der Waals surface area contributed by atoms with Crippen molar-refractivity contribution >= 4 is 31.3 Å². The Bertz CT molecular complexity index is 730. The Balaban J connectivity index is 2.41. The zero-order chi connectivity index (χ0) is 15.1. The van der Waals surface area contributed by atoms with Gasteiger partial charge in [0.2, 0.25) is 15.0 Å². The summed E-state index contributed by atoms with van der Waals surface area (Å²) in [6.07, 6.45) is -0.396. The molecule has 1 unspecified atom stereocenters. The summed E-state index contributed by atoms with van der Waals surface area (Å²) in [5.74, 6) is -2.65. The van der Waals surface area contributed by atoms with Gasteiger partial charge in [0, 0.05) is 29.7 Å². The highest BCUT2D eigenvalue weighted by molar-refractivity contribution is 8.14. The van der Waals surface area contributed by atoms with E-state index in [1.807, 2.05) is 0 Å². The van der Waals surface area contributed by atoms with Gasteiger partial charge < -0.3 is 4.90 Å². The first kappa shape index (κ1) is 14.7. The van der Waals surface area contributed by atoms with E-state index < -0.39 is 49.5 Å². The van der Waals surface area contributed by atoms with Crippen LogP contribution in [0.3, 0.4) is 0 Å². The van der Waals surface area contributed by atoms with E-state index in [-0.39, 0.29) is 6.54 Å². The van der Waals surface area contributed by atoms with Crippen LogP contribution in [0.2, 0.25) is 0 Å². The smallest absolute Gasteiger partial charge is 0.237 e. The molecule has 1 aliphatic rings. The van der Waals surface area contributed by atoms with Gasteiger partial charge in [-0.15, -0.1) is 0 Å². The Morgan fingerprint density at radius 3 is 2.50 bits per heavy atom. The number of nitriles is 1. The maximum absolute atomic E-state index is 13.8. The van der Waals surface area contributed by atoms with Crippen LogP contribution in [0.4, 0.5) is 14.5 Å². The molecular formula is C11H7ClF2N2O3S. The third-order valence-electron chi connectivity index (χ3n) is 2.94. The van der Waals surface area contributed by atoms with E-state index in [0.717, 1.165) is 4.90 Å². The molecule has 1 aliphatic heterocycles. The first-order valence-corrected chi connectivity index (χ1v) is 7.74. The number of hydrogen-bond donors (Lipinski definition) is 0. The third-order valence-corrected chi connectivity index (χ3v) is 4.80. The molecule has 1 aromatic rings. The number of rotatable bonds is 2. The van der Waals surface area contributed by atoms with Gasteiger partial charge in [0.05, 0.1) is 11.3 Å². The van der Waals surface area contributed by atoms with Crippen LogP contribution in [0.25, 0.3) is 0 Å². The number of benzene rings is 1. The van der Waals surface area contributed by atoms with E-state index in [2.05, 4.69) is 0 Å². The fraction of sp³-hybridized carbons (Fsp3) is 0.273. The fourth-order valence-electron chi connectivity index (χ4n) is 1.93. The van der Waals surface area contributed by atoms with Crippen LogP contribution in [0.5, 0.6) is 0 Å². The molecule has 5 nitrogen and oxygen atoms in total. The minimum absolute atomic E-state index is 0.354. The largest absolute Gasteiger partial charge is 0.308 e. The molecule has 1 aromatic carbocycles. The van der Waals surface area contributed by atoms with Crippen LogP contribution in [0, 0.1) is 23.0 Å². The average molecular weight is 321 g/mol. The summed E-state index contributed by atoms with van der Waals surface area (Å²) < 4.78 is 49.6. The lowest BCUT2D eigenvalue weighted by Gasteiger charge is -2.17. The molecule has 0 spiro atoms. The maximum atomic E-state index is 13.8. The Morgan fingerprint density at radius 2 is 2.00 bits per heavy atom. The number of carbonyl (C=O) groups excluding carboxylic acids is 1. The highest BCUT2D eigenvalue weighted by Gasteiger charge is 2.39. The van der Waals surface area contributed by atoms with Gasteiger partial charge in [0.25, 0.3) is 0 Å². The molecular weight excluding hydrogens is 314 g/mol. The second-order valence-corrected chi connectivity index (χ2v) is 7.11. The summed E-state index contributed by atoms with van der Waals surface area (Å²) in [7, 11) is 1.19. The summed E-state index contributed by atoms with van der Waals surface area (Å²) in [4.78, 5) is 12.5. The number of anilines is 1. The Kier molecular flexibility index (Phi) is 3.67. The molecule has 1 atom stereocenters. The maximum Gasteiger partial charge on any atom is 0.237 e. The minimum atomic E-state index is -3.97. The van der Waals surface area contributed by atoms with Crippen LogP contribution >= 0.6 is 10.7 Å². The van der Waals surface area contributed by atoms with Gasteiger partial charge in [0.1, 0.15) is 23.0 Å². The van der Waals surface area contributed by atoms with Crippen molar-refractivity contribution in [3.8, 4) is 6.07 Å². The van der Waals surface area contributed by atoms with Crippen LogP contribution in [0.1, 0.15) is 12.0 Å². The lowest BCUT2D eigenvalue weighted by Crippen LogP contribution is -2.27. The van der Waals surface area contributed by atoms with Gasteiger partial charge in [-0.25, -0.2) is 17.2 Å². The second-order valence-electron chi connectivity index (χ2n) is 4.20. The van der Waals surface area contributed by atoms with E-state index >= 15 is 0 Å². The first-order chi connectivity index (χ1) is 9.24. The minimum Gasteiger partial charge on any atom is -0.308 e. The summed E-state index contributed by atoms with van der Waals surface area (Å²) >= 11 is 0. The van der Waals surface area contributed by atoms with Crippen LogP contribution in [-0.2, 0) is 13.8 Å². The monoisotopic (exact) mass is 320 g/mol. The normalized spacial score (nSPS) is 19.2. The second kappa shape index (κ2) is 5.00. The van der Waals surface area contributed by atoms with Crippen molar-refractivity contribution < 1.29 is 22.0 Å². The topological polar surface area (TPSA) is 78.2 Å². The molecule has 0 aromatic heterocycles. The Morgan fingerprint density at radius 1 is 1.35 bits per heavy atom. The standard InChI is InChI=1S/C11H7ClF2N2O3S/c12-20(18,19)7-2-11(17)16(5-7)10-3-8(13)6(4-15)1-9(10)14/h1,3,7H,2,5H2. The molecule has 1 fully saturated rings. The van der Waals surface area contributed by atoms with E-state index in [9.17, 15) is 22.0 Å². The molecule has 106 valence electrons. The van der Waals surface area contributed by atoms with Gasteiger partial charge in [-0.1, -0.05) is 0 Å². The average Bonchev–Trinajstić information content (AvgIpc) is 2.73. The van der Waals surface area contributed by atoms with Gasteiger partial charge in [-0.05, 0) is 6.07 Å². The number of carbonyl (C=O) groups is 1. The first-order valence-electron chi connectivity index (χ1n) is 5.37. The summed E-state index contributed by atoms with van der Waals surface area (Å²) in [5, 5.41) is 7.39.